The van der Waals surface area contributed by atoms with Crippen LogP contribution in [0.5, 0.6) is 0 Å². The molecule has 0 spiro atoms. The van der Waals surface area contributed by atoms with Gasteiger partial charge < -0.3 is 5.73 Å². The average Bonchev–Trinajstić information content (AvgIpc) is 2.45. The minimum atomic E-state index is -0.145. The normalized spacial score (nSPS) is 13.0. The molecule has 1 aromatic heterocycles. The molecule has 2 rings (SSSR count). The van der Waals surface area contributed by atoms with Gasteiger partial charge in [0.1, 0.15) is 0 Å². The molecule has 21 heavy (non-hydrogen) atoms. The molecule has 0 saturated carbocycles. The van der Waals surface area contributed by atoms with Crippen LogP contribution in [0.1, 0.15) is 67.8 Å². The van der Waals surface area contributed by atoms with Gasteiger partial charge in [-0.25, -0.2) is 0 Å². The molecule has 0 aliphatic carbocycles. The van der Waals surface area contributed by atoms with Crippen molar-refractivity contribution in [1.82, 2.24) is 4.98 Å². The Morgan fingerprint density at radius 3 is 2.19 bits per heavy atom. The molecule has 3 heteroatoms. The van der Waals surface area contributed by atoms with E-state index < -0.39 is 0 Å². The van der Waals surface area contributed by atoms with Crippen LogP contribution in [0.15, 0.2) is 41.1 Å². The Morgan fingerprint density at radius 2 is 1.62 bits per heavy atom. The molecule has 0 amide bonds. The molecular formula is C18H23BrN2. The molecule has 0 saturated heterocycles. The second-order valence-corrected chi connectivity index (χ2v) is 7.03. The quantitative estimate of drug-likeness (QED) is 0.832. The van der Waals surface area contributed by atoms with Crippen molar-refractivity contribution in [2.75, 3.05) is 0 Å². The van der Waals surface area contributed by atoms with E-state index in [0.29, 0.717) is 11.8 Å². The summed E-state index contributed by atoms with van der Waals surface area (Å²) in [6.45, 7) is 8.87. The van der Waals surface area contributed by atoms with Gasteiger partial charge in [0, 0.05) is 16.9 Å². The zero-order chi connectivity index (χ0) is 15.6. The number of nitrogens with two attached hydrogens (primary N) is 1. The zero-order valence-corrected chi connectivity index (χ0v) is 14.7. The van der Waals surface area contributed by atoms with E-state index >= 15 is 0 Å². The largest absolute Gasteiger partial charge is 0.320 e. The first-order valence-corrected chi connectivity index (χ1v) is 8.19. The van der Waals surface area contributed by atoms with Crippen molar-refractivity contribution in [1.29, 1.82) is 0 Å². The van der Waals surface area contributed by atoms with Crippen LogP contribution in [0.2, 0.25) is 0 Å². The molecule has 0 aliphatic rings. The second kappa shape index (κ2) is 6.71. The minimum Gasteiger partial charge on any atom is -0.320 e. The number of halogens is 1. The van der Waals surface area contributed by atoms with Gasteiger partial charge in [-0.05, 0) is 56.1 Å². The van der Waals surface area contributed by atoms with E-state index in [1.165, 1.54) is 16.7 Å². The zero-order valence-electron chi connectivity index (χ0n) is 13.1. The average molecular weight is 347 g/mol. The molecule has 2 N–H and O–H groups in total. The molecule has 1 heterocycles. The highest BCUT2D eigenvalue weighted by atomic mass is 79.9. The molecule has 2 nitrogen and oxygen atoms in total. The van der Waals surface area contributed by atoms with Gasteiger partial charge in [-0.2, -0.15) is 0 Å². The Kier molecular flexibility index (Phi) is 5.17. The minimum absolute atomic E-state index is 0.145. The Hall–Kier alpha value is -1.19. The summed E-state index contributed by atoms with van der Waals surface area (Å²) < 4.78 is 0.959. The lowest BCUT2D eigenvalue weighted by Crippen LogP contribution is -2.15. The van der Waals surface area contributed by atoms with Crippen LogP contribution in [-0.2, 0) is 0 Å². The van der Waals surface area contributed by atoms with Crippen LogP contribution >= 0.6 is 15.9 Å². The SMILES string of the molecule is CC(C)c1ccc(C(N)c2cncc(Br)c2)c(C(C)C)c1. The van der Waals surface area contributed by atoms with Gasteiger partial charge in [0.2, 0.25) is 0 Å². The molecule has 112 valence electrons. The number of pyridine rings is 1. The summed E-state index contributed by atoms with van der Waals surface area (Å²) in [7, 11) is 0. The van der Waals surface area contributed by atoms with Crippen molar-refractivity contribution >= 4 is 15.9 Å². The van der Waals surface area contributed by atoms with Crippen molar-refractivity contribution in [2.45, 2.75) is 45.6 Å². The predicted molar refractivity (Wildman–Crippen MR) is 92.6 cm³/mol. The summed E-state index contributed by atoms with van der Waals surface area (Å²) in [5, 5.41) is 0. The first-order valence-electron chi connectivity index (χ1n) is 7.40. The van der Waals surface area contributed by atoms with E-state index in [9.17, 15) is 0 Å². The number of hydrogen-bond donors (Lipinski definition) is 1. The maximum absolute atomic E-state index is 6.49. The first-order chi connectivity index (χ1) is 9.90. The standard InChI is InChI=1S/C18H23BrN2/c1-11(2)13-5-6-16(17(8-13)12(3)4)18(20)14-7-15(19)10-21-9-14/h5-12,18H,20H2,1-4H3. The number of rotatable bonds is 4. The molecule has 2 aromatic rings. The first kappa shape index (κ1) is 16.2. The smallest absolute Gasteiger partial charge is 0.0570 e. The third-order valence-corrected chi connectivity index (χ3v) is 4.25. The Labute approximate surface area is 135 Å². The van der Waals surface area contributed by atoms with Crippen molar-refractivity contribution < 1.29 is 0 Å². The molecule has 0 bridgehead atoms. The fraction of sp³-hybridized carbons (Fsp3) is 0.389. The van der Waals surface area contributed by atoms with E-state index in [-0.39, 0.29) is 6.04 Å². The maximum atomic E-state index is 6.49. The highest BCUT2D eigenvalue weighted by molar-refractivity contribution is 9.10. The van der Waals surface area contributed by atoms with Gasteiger partial charge in [0.05, 0.1) is 6.04 Å². The number of hydrogen-bond acceptors (Lipinski definition) is 2. The van der Waals surface area contributed by atoms with E-state index in [1.807, 2.05) is 12.3 Å². The summed E-state index contributed by atoms with van der Waals surface area (Å²) in [5.74, 6) is 0.977. The van der Waals surface area contributed by atoms with E-state index in [1.54, 1.807) is 6.20 Å². The second-order valence-electron chi connectivity index (χ2n) is 6.11. The fourth-order valence-electron chi connectivity index (χ4n) is 2.51. The van der Waals surface area contributed by atoms with Crippen molar-refractivity contribution in [3.05, 3.63) is 63.4 Å². The van der Waals surface area contributed by atoms with Crippen molar-refractivity contribution in [3.63, 3.8) is 0 Å². The van der Waals surface area contributed by atoms with E-state index in [2.05, 4.69) is 66.8 Å². The van der Waals surface area contributed by atoms with Crippen molar-refractivity contribution in [2.24, 2.45) is 5.73 Å². The van der Waals surface area contributed by atoms with Crippen LogP contribution in [-0.4, -0.2) is 4.98 Å². The Bertz CT molecular complexity index is 620. The van der Waals surface area contributed by atoms with E-state index in [0.717, 1.165) is 10.0 Å². The molecular weight excluding hydrogens is 324 g/mol. The van der Waals surface area contributed by atoms with Gasteiger partial charge >= 0.3 is 0 Å². The van der Waals surface area contributed by atoms with Gasteiger partial charge in [-0.3, -0.25) is 4.98 Å². The monoisotopic (exact) mass is 346 g/mol. The molecule has 0 fully saturated rings. The lowest BCUT2D eigenvalue weighted by Gasteiger charge is -2.21. The summed E-state index contributed by atoms with van der Waals surface area (Å²) in [4.78, 5) is 4.22. The Balaban J connectivity index is 2.47. The summed E-state index contributed by atoms with van der Waals surface area (Å²) in [5.41, 5.74) is 11.4. The number of nitrogens with zero attached hydrogens (tertiary/aromatic N) is 1. The van der Waals surface area contributed by atoms with Gasteiger partial charge in [0.25, 0.3) is 0 Å². The third-order valence-electron chi connectivity index (χ3n) is 3.82. The molecule has 1 unspecified atom stereocenters. The lowest BCUT2D eigenvalue weighted by atomic mass is 9.87. The molecule has 0 aliphatic heterocycles. The maximum Gasteiger partial charge on any atom is 0.0570 e. The van der Waals surface area contributed by atoms with Gasteiger partial charge in [0.15, 0.2) is 0 Å². The fourth-order valence-corrected chi connectivity index (χ4v) is 2.90. The van der Waals surface area contributed by atoms with Gasteiger partial charge in [-0.15, -0.1) is 0 Å². The highest BCUT2D eigenvalue weighted by Crippen LogP contribution is 2.31. The number of aromatic nitrogens is 1. The van der Waals surface area contributed by atoms with Crippen molar-refractivity contribution in [3.8, 4) is 0 Å². The molecule has 1 aromatic carbocycles. The van der Waals surface area contributed by atoms with E-state index in [4.69, 9.17) is 5.73 Å². The van der Waals surface area contributed by atoms with Gasteiger partial charge in [-0.1, -0.05) is 45.9 Å². The third kappa shape index (κ3) is 3.72. The van der Waals surface area contributed by atoms with Crippen LogP contribution in [0.4, 0.5) is 0 Å². The summed E-state index contributed by atoms with van der Waals surface area (Å²) in [6.07, 6.45) is 3.62. The Morgan fingerprint density at radius 1 is 0.905 bits per heavy atom. The summed E-state index contributed by atoms with van der Waals surface area (Å²) >= 11 is 3.46. The molecule has 0 radical (unpaired) electrons. The molecule has 1 atom stereocenters. The van der Waals surface area contributed by atoms with Crippen LogP contribution < -0.4 is 5.73 Å². The topological polar surface area (TPSA) is 38.9 Å². The van der Waals surface area contributed by atoms with Crippen LogP contribution in [0.3, 0.4) is 0 Å². The lowest BCUT2D eigenvalue weighted by molar-refractivity contribution is 0.778. The van der Waals surface area contributed by atoms with Crippen LogP contribution in [0.25, 0.3) is 0 Å². The highest BCUT2D eigenvalue weighted by Gasteiger charge is 2.17. The number of benzene rings is 1. The predicted octanol–water partition coefficient (Wildman–Crippen LogP) is 5.14. The summed E-state index contributed by atoms with van der Waals surface area (Å²) in [6, 6.07) is 8.56. The van der Waals surface area contributed by atoms with Crippen LogP contribution in [0, 0.1) is 0 Å².